The van der Waals surface area contributed by atoms with E-state index < -0.39 is 0 Å². The first-order valence-electron chi connectivity index (χ1n) is 10.2. The average Bonchev–Trinajstić information content (AvgIpc) is 3.21. The summed E-state index contributed by atoms with van der Waals surface area (Å²) in [7, 11) is 0. The second kappa shape index (κ2) is 7.57. The molecular formula is C27H24N2. The molecule has 0 aliphatic carbocycles. The Bertz CT molecular complexity index is 1260. The third-order valence-electron chi connectivity index (χ3n) is 5.69. The second-order valence-electron chi connectivity index (χ2n) is 7.60. The van der Waals surface area contributed by atoms with Gasteiger partial charge in [0, 0.05) is 29.2 Å². The fourth-order valence-corrected chi connectivity index (χ4v) is 4.17. The van der Waals surface area contributed by atoms with Crippen LogP contribution in [0.2, 0.25) is 0 Å². The summed E-state index contributed by atoms with van der Waals surface area (Å²) < 4.78 is 0. The zero-order valence-electron chi connectivity index (χ0n) is 16.5. The normalized spacial score (nSPS) is 12.4. The molecule has 0 unspecified atom stereocenters. The van der Waals surface area contributed by atoms with Crippen LogP contribution in [0.25, 0.3) is 32.8 Å². The molecule has 2 N–H and O–H groups in total. The number of aromatic nitrogens is 1. The van der Waals surface area contributed by atoms with Crippen LogP contribution in [0, 0.1) is 0 Å². The highest BCUT2D eigenvalue weighted by atomic mass is 14.9. The van der Waals surface area contributed by atoms with Crippen molar-refractivity contribution < 1.29 is 0 Å². The molecular weight excluding hydrogens is 352 g/mol. The third kappa shape index (κ3) is 3.43. The number of benzene rings is 4. The highest BCUT2D eigenvalue weighted by Gasteiger charge is 2.11. The minimum atomic E-state index is 0.265. The van der Waals surface area contributed by atoms with Crippen LogP contribution < -0.4 is 5.32 Å². The van der Waals surface area contributed by atoms with E-state index in [1.165, 1.54) is 44.1 Å². The zero-order valence-corrected chi connectivity index (χ0v) is 16.5. The van der Waals surface area contributed by atoms with Gasteiger partial charge in [-0.2, -0.15) is 0 Å². The Kier molecular flexibility index (Phi) is 4.63. The maximum Gasteiger partial charge on any atom is 0.0536 e. The fraction of sp³-hybridized carbons (Fsp3) is 0.111. The lowest BCUT2D eigenvalue weighted by molar-refractivity contribution is 0.573. The van der Waals surface area contributed by atoms with Gasteiger partial charge in [0.2, 0.25) is 0 Å². The van der Waals surface area contributed by atoms with Crippen molar-refractivity contribution in [3.8, 4) is 11.1 Å². The third-order valence-corrected chi connectivity index (χ3v) is 5.69. The van der Waals surface area contributed by atoms with E-state index in [0.29, 0.717) is 0 Å². The summed E-state index contributed by atoms with van der Waals surface area (Å²) in [5.74, 6) is 0. The summed E-state index contributed by atoms with van der Waals surface area (Å²) in [5.41, 5.74) is 6.23. The van der Waals surface area contributed by atoms with Crippen LogP contribution in [-0.4, -0.2) is 4.98 Å². The van der Waals surface area contributed by atoms with Gasteiger partial charge < -0.3 is 10.3 Å². The van der Waals surface area contributed by atoms with Crippen molar-refractivity contribution in [1.82, 2.24) is 10.3 Å². The van der Waals surface area contributed by atoms with Crippen LogP contribution >= 0.6 is 0 Å². The van der Waals surface area contributed by atoms with Gasteiger partial charge in [-0.3, -0.25) is 0 Å². The van der Waals surface area contributed by atoms with E-state index in [9.17, 15) is 0 Å². The molecule has 0 aliphatic rings. The van der Waals surface area contributed by atoms with E-state index >= 15 is 0 Å². The molecule has 1 atom stereocenters. The van der Waals surface area contributed by atoms with Crippen LogP contribution in [-0.2, 0) is 6.54 Å². The summed E-state index contributed by atoms with van der Waals surface area (Å²) in [4.78, 5) is 3.64. The van der Waals surface area contributed by atoms with Gasteiger partial charge in [-0.25, -0.2) is 0 Å². The summed E-state index contributed by atoms with van der Waals surface area (Å²) >= 11 is 0. The van der Waals surface area contributed by atoms with Crippen LogP contribution in [0.5, 0.6) is 0 Å². The summed E-state index contributed by atoms with van der Waals surface area (Å²) in [5, 5.41) is 7.55. The van der Waals surface area contributed by atoms with Crippen molar-refractivity contribution in [1.29, 1.82) is 0 Å². The van der Waals surface area contributed by atoms with Gasteiger partial charge in [0.25, 0.3) is 0 Å². The van der Waals surface area contributed by atoms with Gasteiger partial charge in [0.15, 0.2) is 0 Å². The van der Waals surface area contributed by atoms with Gasteiger partial charge in [-0.15, -0.1) is 0 Å². The molecule has 0 saturated carbocycles. The molecule has 0 amide bonds. The lowest BCUT2D eigenvalue weighted by Gasteiger charge is -2.16. The number of H-pyrrole nitrogens is 1. The molecule has 0 spiro atoms. The molecule has 4 aromatic carbocycles. The highest BCUT2D eigenvalue weighted by molar-refractivity contribution is 5.94. The molecule has 0 bridgehead atoms. The Morgan fingerprint density at radius 2 is 1.48 bits per heavy atom. The van der Waals surface area contributed by atoms with Gasteiger partial charge in [0.1, 0.15) is 0 Å². The fourth-order valence-electron chi connectivity index (χ4n) is 4.17. The predicted octanol–water partition coefficient (Wildman–Crippen LogP) is 6.84. The second-order valence-corrected chi connectivity index (χ2v) is 7.60. The largest absolute Gasteiger partial charge is 0.357 e. The molecule has 5 aromatic rings. The quantitative estimate of drug-likeness (QED) is 0.345. The van der Waals surface area contributed by atoms with Crippen molar-refractivity contribution in [2.45, 2.75) is 19.5 Å². The number of hydrogen-bond donors (Lipinski definition) is 2. The Morgan fingerprint density at radius 1 is 0.759 bits per heavy atom. The van der Waals surface area contributed by atoms with Gasteiger partial charge in [-0.1, -0.05) is 91.0 Å². The molecule has 29 heavy (non-hydrogen) atoms. The molecule has 1 aromatic heterocycles. The monoisotopic (exact) mass is 376 g/mol. The van der Waals surface area contributed by atoms with E-state index in [4.69, 9.17) is 0 Å². The summed E-state index contributed by atoms with van der Waals surface area (Å²) in [6.45, 7) is 3.03. The van der Waals surface area contributed by atoms with Crippen LogP contribution in [0.4, 0.5) is 0 Å². The van der Waals surface area contributed by atoms with Gasteiger partial charge in [-0.05, 0) is 34.9 Å². The Morgan fingerprint density at radius 3 is 2.38 bits per heavy atom. The molecule has 142 valence electrons. The Hall–Kier alpha value is -3.36. The zero-order chi connectivity index (χ0) is 19.6. The molecule has 0 aliphatic heterocycles. The van der Waals surface area contributed by atoms with Crippen LogP contribution in [0.3, 0.4) is 0 Å². The maximum absolute atomic E-state index is 3.70. The standard InChI is InChI=1S/C27H24N2/c1-19(24-15-7-12-20-11-5-6-14-25(20)24)28-18-23-17-22-13-8-16-26(27(22)29-23)21-9-3-2-4-10-21/h2-17,19,28-29H,18H2,1H3/t19-/m1/s1. The predicted molar refractivity (Wildman–Crippen MR) is 123 cm³/mol. The maximum atomic E-state index is 3.70. The Balaban J connectivity index is 1.41. The summed E-state index contributed by atoms with van der Waals surface area (Å²) in [6, 6.07) is 34.7. The van der Waals surface area contributed by atoms with Crippen LogP contribution in [0.15, 0.2) is 97.1 Å². The minimum Gasteiger partial charge on any atom is -0.357 e. The van der Waals surface area contributed by atoms with Crippen molar-refractivity contribution in [3.63, 3.8) is 0 Å². The van der Waals surface area contributed by atoms with E-state index in [1.54, 1.807) is 0 Å². The number of hydrogen-bond acceptors (Lipinski definition) is 1. The summed E-state index contributed by atoms with van der Waals surface area (Å²) in [6.07, 6.45) is 0. The highest BCUT2D eigenvalue weighted by Crippen LogP contribution is 2.29. The van der Waals surface area contributed by atoms with Crippen LogP contribution in [0.1, 0.15) is 24.2 Å². The lowest BCUT2D eigenvalue weighted by atomic mass is 10.00. The Labute approximate surface area is 171 Å². The smallest absolute Gasteiger partial charge is 0.0536 e. The number of fused-ring (bicyclic) bond motifs is 2. The lowest BCUT2D eigenvalue weighted by Crippen LogP contribution is -2.18. The number of aromatic amines is 1. The van der Waals surface area contributed by atoms with Crippen molar-refractivity contribution in [2.24, 2.45) is 0 Å². The van der Waals surface area contributed by atoms with Crippen molar-refractivity contribution in [3.05, 3.63) is 108 Å². The minimum absolute atomic E-state index is 0.265. The number of rotatable bonds is 5. The SMILES string of the molecule is C[C@@H](NCc1cc2cccc(-c3ccccc3)c2[nH]1)c1cccc2ccccc12. The molecule has 0 fully saturated rings. The van der Waals surface area contributed by atoms with E-state index in [0.717, 1.165) is 6.54 Å². The van der Waals surface area contributed by atoms with E-state index in [-0.39, 0.29) is 6.04 Å². The average molecular weight is 377 g/mol. The van der Waals surface area contributed by atoms with E-state index in [1.807, 2.05) is 0 Å². The van der Waals surface area contributed by atoms with Gasteiger partial charge >= 0.3 is 0 Å². The topological polar surface area (TPSA) is 27.8 Å². The first-order valence-corrected chi connectivity index (χ1v) is 10.2. The molecule has 1 heterocycles. The molecule has 2 heteroatoms. The molecule has 5 rings (SSSR count). The molecule has 0 saturated heterocycles. The van der Waals surface area contributed by atoms with Crippen molar-refractivity contribution >= 4 is 21.7 Å². The molecule has 0 radical (unpaired) electrons. The van der Waals surface area contributed by atoms with E-state index in [2.05, 4.69) is 114 Å². The number of nitrogens with one attached hydrogen (secondary N) is 2. The van der Waals surface area contributed by atoms with Gasteiger partial charge in [0.05, 0.1) is 5.52 Å². The first-order chi connectivity index (χ1) is 14.3. The van der Waals surface area contributed by atoms with Crippen molar-refractivity contribution in [2.75, 3.05) is 0 Å². The first kappa shape index (κ1) is 17.7. The number of para-hydroxylation sites is 1. The molecule has 2 nitrogen and oxygen atoms in total.